The SMILES string of the molecule is O=C(O)C1CCC1NCc1cccc(CO)c1. The molecule has 1 aromatic rings. The number of hydrogen-bond acceptors (Lipinski definition) is 3. The molecule has 0 amide bonds. The van der Waals surface area contributed by atoms with Gasteiger partial charge < -0.3 is 15.5 Å². The first-order valence-corrected chi connectivity index (χ1v) is 5.85. The van der Waals surface area contributed by atoms with Gasteiger partial charge in [0.25, 0.3) is 0 Å². The minimum Gasteiger partial charge on any atom is -0.481 e. The van der Waals surface area contributed by atoms with Crippen molar-refractivity contribution in [3.05, 3.63) is 35.4 Å². The van der Waals surface area contributed by atoms with Crippen molar-refractivity contribution < 1.29 is 15.0 Å². The Kier molecular flexibility index (Phi) is 3.76. The molecule has 0 aromatic heterocycles. The predicted molar refractivity (Wildman–Crippen MR) is 63.4 cm³/mol. The zero-order valence-corrected chi connectivity index (χ0v) is 9.60. The molecule has 0 spiro atoms. The summed E-state index contributed by atoms with van der Waals surface area (Å²) in [5.41, 5.74) is 1.96. The minimum atomic E-state index is -0.710. The lowest BCUT2D eigenvalue weighted by atomic mass is 9.79. The molecule has 1 fully saturated rings. The van der Waals surface area contributed by atoms with E-state index in [2.05, 4.69) is 5.32 Å². The van der Waals surface area contributed by atoms with E-state index in [0.29, 0.717) is 6.54 Å². The summed E-state index contributed by atoms with van der Waals surface area (Å²) in [6.07, 6.45) is 1.69. The first-order valence-electron chi connectivity index (χ1n) is 5.85. The first kappa shape index (κ1) is 12.1. The van der Waals surface area contributed by atoms with Crippen LogP contribution >= 0.6 is 0 Å². The zero-order valence-electron chi connectivity index (χ0n) is 9.60. The third-order valence-electron chi connectivity index (χ3n) is 3.33. The van der Waals surface area contributed by atoms with E-state index in [0.717, 1.165) is 24.0 Å². The molecular formula is C13H17NO3. The molecule has 0 heterocycles. The molecule has 2 rings (SSSR count). The van der Waals surface area contributed by atoms with Crippen molar-refractivity contribution in [3.8, 4) is 0 Å². The van der Waals surface area contributed by atoms with Crippen molar-refractivity contribution in [2.75, 3.05) is 0 Å². The largest absolute Gasteiger partial charge is 0.481 e. The Bertz CT molecular complexity index is 405. The van der Waals surface area contributed by atoms with Crippen LogP contribution in [0.15, 0.2) is 24.3 Å². The van der Waals surface area contributed by atoms with Crippen LogP contribution in [0, 0.1) is 5.92 Å². The van der Waals surface area contributed by atoms with Gasteiger partial charge in [-0.1, -0.05) is 24.3 Å². The van der Waals surface area contributed by atoms with E-state index in [-0.39, 0.29) is 18.6 Å². The van der Waals surface area contributed by atoms with Crippen LogP contribution in [0.3, 0.4) is 0 Å². The minimum absolute atomic E-state index is 0.0367. The lowest BCUT2D eigenvalue weighted by molar-refractivity contribution is -0.146. The maximum atomic E-state index is 10.8. The molecule has 2 atom stereocenters. The summed E-state index contributed by atoms with van der Waals surface area (Å²) >= 11 is 0. The molecule has 0 radical (unpaired) electrons. The molecule has 1 aliphatic rings. The second-order valence-electron chi connectivity index (χ2n) is 4.49. The zero-order chi connectivity index (χ0) is 12.3. The van der Waals surface area contributed by atoms with Crippen LogP contribution in [0.25, 0.3) is 0 Å². The summed E-state index contributed by atoms with van der Waals surface area (Å²) in [6.45, 7) is 0.692. The molecular weight excluding hydrogens is 218 g/mol. The van der Waals surface area contributed by atoms with E-state index in [1.54, 1.807) is 0 Å². The Labute approximate surface area is 100 Å². The summed E-state index contributed by atoms with van der Waals surface area (Å²) < 4.78 is 0. The predicted octanol–water partition coefficient (Wildman–Crippen LogP) is 1.13. The van der Waals surface area contributed by atoms with Gasteiger partial charge in [-0.05, 0) is 24.0 Å². The van der Waals surface area contributed by atoms with Gasteiger partial charge in [0.1, 0.15) is 0 Å². The Morgan fingerprint density at radius 1 is 1.35 bits per heavy atom. The third-order valence-corrected chi connectivity index (χ3v) is 3.33. The average Bonchev–Trinajstić information content (AvgIpc) is 2.27. The van der Waals surface area contributed by atoms with E-state index in [9.17, 15) is 4.79 Å². The topological polar surface area (TPSA) is 69.6 Å². The summed E-state index contributed by atoms with van der Waals surface area (Å²) in [7, 11) is 0. The highest BCUT2D eigenvalue weighted by molar-refractivity contribution is 5.72. The van der Waals surface area contributed by atoms with Crippen molar-refractivity contribution in [2.24, 2.45) is 5.92 Å². The van der Waals surface area contributed by atoms with Crippen LogP contribution in [0.2, 0.25) is 0 Å². The van der Waals surface area contributed by atoms with Crippen LogP contribution in [0.4, 0.5) is 0 Å². The summed E-state index contributed by atoms with van der Waals surface area (Å²) in [4.78, 5) is 10.8. The maximum absolute atomic E-state index is 10.8. The monoisotopic (exact) mass is 235 g/mol. The van der Waals surface area contributed by atoms with Crippen LogP contribution in [0.5, 0.6) is 0 Å². The van der Waals surface area contributed by atoms with Crippen LogP contribution in [-0.4, -0.2) is 22.2 Å². The first-order chi connectivity index (χ1) is 8.20. The van der Waals surface area contributed by atoms with Crippen molar-refractivity contribution >= 4 is 5.97 Å². The molecule has 1 aromatic carbocycles. The lowest BCUT2D eigenvalue weighted by Crippen LogP contribution is -2.47. The van der Waals surface area contributed by atoms with E-state index >= 15 is 0 Å². The maximum Gasteiger partial charge on any atom is 0.308 e. The van der Waals surface area contributed by atoms with Crippen LogP contribution < -0.4 is 5.32 Å². The molecule has 17 heavy (non-hydrogen) atoms. The molecule has 3 N–H and O–H groups in total. The molecule has 2 unspecified atom stereocenters. The smallest absolute Gasteiger partial charge is 0.308 e. The fraction of sp³-hybridized carbons (Fsp3) is 0.462. The number of carboxylic acids is 1. The number of rotatable bonds is 5. The van der Waals surface area contributed by atoms with E-state index in [1.165, 1.54) is 0 Å². The van der Waals surface area contributed by atoms with E-state index in [1.807, 2.05) is 24.3 Å². The van der Waals surface area contributed by atoms with E-state index < -0.39 is 5.97 Å². The highest BCUT2D eigenvalue weighted by Gasteiger charge is 2.35. The van der Waals surface area contributed by atoms with Gasteiger partial charge in [-0.15, -0.1) is 0 Å². The molecule has 1 aliphatic carbocycles. The van der Waals surface area contributed by atoms with Gasteiger partial charge in [0.15, 0.2) is 0 Å². The fourth-order valence-electron chi connectivity index (χ4n) is 2.13. The fourth-order valence-corrected chi connectivity index (χ4v) is 2.13. The van der Waals surface area contributed by atoms with Crippen molar-refractivity contribution in [2.45, 2.75) is 32.0 Å². The Balaban J connectivity index is 1.87. The molecule has 4 heteroatoms. The quantitative estimate of drug-likeness (QED) is 0.715. The molecule has 4 nitrogen and oxygen atoms in total. The summed E-state index contributed by atoms with van der Waals surface area (Å²) in [5.74, 6) is -0.950. The number of benzene rings is 1. The standard InChI is InChI=1S/C13H17NO3/c15-8-10-3-1-2-9(6-10)7-14-12-5-4-11(12)13(16)17/h1-3,6,11-12,14-15H,4-5,7-8H2,(H,16,17). The molecule has 0 saturated heterocycles. The average molecular weight is 235 g/mol. The number of carbonyl (C=O) groups is 1. The van der Waals surface area contributed by atoms with Crippen molar-refractivity contribution in [3.63, 3.8) is 0 Å². The van der Waals surface area contributed by atoms with E-state index in [4.69, 9.17) is 10.2 Å². The lowest BCUT2D eigenvalue weighted by Gasteiger charge is -2.34. The Hall–Kier alpha value is -1.39. The normalized spacial score (nSPS) is 23.1. The number of aliphatic hydroxyl groups is 1. The van der Waals surface area contributed by atoms with Gasteiger partial charge in [-0.25, -0.2) is 0 Å². The molecule has 1 saturated carbocycles. The highest BCUT2D eigenvalue weighted by atomic mass is 16.4. The second kappa shape index (κ2) is 5.29. The highest BCUT2D eigenvalue weighted by Crippen LogP contribution is 2.27. The Morgan fingerprint density at radius 2 is 2.12 bits per heavy atom. The number of aliphatic carboxylic acids is 1. The van der Waals surface area contributed by atoms with Crippen molar-refractivity contribution in [1.29, 1.82) is 0 Å². The number of carboxylic acid groups (broad SMARTS) is 1. The summed E-state index contributed by atoms with van der Waals surface area (Å²) in [6, 6.07) is 7.76. The number of hydrogen-bond donors (Lipinski definition) is 3. The van der Waals surface area contributed by atoms with Crippen molar-refractivity contribution in [1.82, 2.24) is 5.32 Å². The molecule has 92 valence electrons. The van der Waals surface area contributed by atoms with Crippen LogP contribution in [0.1, 0.15) is 24.0 Å². The summed E-state index contributed by atoms with van der Waals surface area (Å²) in [5, 5.41) is 21.2. The van der Waals surface area contributed by atoms with Gasteiger partial charge in [-0.3, -0.25) is 4.79 Å². The van der Waals surface area contributed by atoms with Gasteiger partial charge in [0.2, 0.25) is 0 Å². The van der Waals surface area contributed by atoms with Gasteiger partial charge in [0.05, 0.1) is 12.5 Å². The number of nitrogens with one attached hydrogen (secondary N) is 1. The van der Waals surface area contributed by atoms with Crippen LogP contribution in [-0.2, 0) is 17.9 Å². The third kappa shape index (κ3) is 2.84. The Morgan fingerprint density at radius 3 is 2.71 bits per heavy atom. The molecule has 0 bridgehead atoms. The van der Waals surface area contributed by atoms with Gasteiger partial charge in [0, 0.05) is 12.6 Å². The van der Waals surface area contributed by atoms with Gasteiger partial charge in [-0.2, -0.15) is 0 Å². The van der Waals surface area contributed by atoms with Gasteiger partial charge >= 0.3 is 5.97 Å². The number of aliphatic hydroxyl groups excluding tert-OH is 1. The second-order valence-corrected chi connectivity index (χ2v) is 4.49. The molecule has 0 aliphatic heterocycles.